The van der Waals surface area contributed by atoms with Gasteiger partial charge in [-0.3, -0.25) is 4.79 Å². The number of carbonyl (C=O) groups is 2. The number of pyridine rings is 1. The van der Waals surface area contributed by atoms with E-state index in [1.54, 1.807) is 22.3 Å². The Morgan fingerprint density at radius 2 is 1.94 bits per heavy atom. The number of piperidine rings is 1. The van der Waals surface area contributed by atoms with E-state index in [0.29, 0.717) is 30.2 Å². The zero-order valence-corrected chi connectivity index (χ0v) is 20.7. The molecule has 3 heterocycles. The Morgan fingerprint density at radius 3 is 2.62 bits per heavy atom. The lowest BCUT2D eigenvalue weighted by atomic mass is 10.0. The van der Waals surface area contributed by atoms with Crippen LogP contribution in [0.5, 0.6) is 0 Å². The summed E-state index contributed by atoms with van der Waals surface area (Å²) in [6, 6.07) is 7.85. The first kappa shape index (κ1) is 23.7. The number of aryl methyl sites for hydroxylation is 1. The van der Waals surface area contributed by atoms with Crippen LogP contribution in [0.15, 0.2) is 30.5 Å². The maximum absolute atomic E-state index is 12.3. The van der Waals surface area contributed by atoms with Crippen molar-refractivity contribution in [2.45, 2.75) is 52.2 Å². The second kappa shape index (κ2) is 9.46. The fourth-order valence-electron chi connectivity index (χ4n) is 3.86. The number of nitrogens with two attached hydrogens (primary N) is 1. The minimum Gasteiger partial charge on any atom is -0.444 e. The summed E-state index contributed by atoms with van der Waals surface area (Å²) in [5.41, 5.74) is 7.79. The van der Waals surface area contributed by atoms with Crippen LogP contribution in [0.3, 0.4) is 0 Å². The molecule has 0 spiro atoms. The van der Waals surface area contributed by atoms with E-state index in [2.05, 4.69) is 20.6 Å². The number of rotatable bonds is 5. The Morgan fingerprint density at radius 1 is 1.21 bits per heavy atom. The minimum absolute atomic E-state index is 0.0846. The molecule has 4 N–H and O–H groups in total. The quantitative estimate of drug-likeness (QED) is 0.484. The van der Waals surface area contributed by atoms with E-state index in [0.717, 1.165) is 33.8 Å². The number of benzene rings is 1. The molecule has 1 aromatic carbocycles. The molecule has 0 saturated carbocycles. The van der Waals surface area contributed by atoms with Gasteiger partial charge in [-0.15, -0.1) is 11.3 Å². The number of thiazole rings is 1. The molecule has 4 rings (SSSR count). The summed E-state index contributed by atoms with van der Waals surface area (Å²) in [5, 5.41) is 7.73. The lowest BCUT2D eigenvalue weighted by Crippen LogP contribution is -2.44. The summed E-state index contributed by atoms with van der Waals surface area (Å²) in [7, 11) is 0. The van der Waals surface area contributed by atoms with Crippen molar-refractivity contribution in [2.24, 2.45) is 5.73 Å². The first-order valence-corrected chi connectivity index (χ1v) is 12.1. The molecule has 1 aliphatic rings. The molecular formula is C24H30N6O3S. The van der Waals surface area contributed by atoms with Crippen LogP contribution < -0.4 is 16.4 Å². The van der Waals surface area contributed by atoms with E-state index in [-0.39, 0.29) is 12.1 Å². The van der Waals surface area contributed by atoms with Crippen LogP contribution >= 0.6 is 11.3 Å². The van der Waals surface area contributed by atoms with E-state index in [9.17, 15) is 9.59 Å². The van der Waals surface area contributed by atoms with Crippen molar-refractivity contribution < 1.29 is 14.3 Å². The number of hydrogen-bond donors (Lipinski definition) is 3. The molecule has 1 saturated heterocycles. The van der Waals surface area contributed by atoms with E-state index in [1.807, 2.05) is 45.9 Å². The average molecular weight is 483 g/mol. The number of aromatic nitrogens is 2. The van der Waals surface area contributed by atoms with Gasteiger partial charge in [0.2, 0.25) is 0 Å². The number of amides is 2. The van der Waals surface area contributed by atoms with Crippen molar-refractivity contribution in [3.63, 3.8) is 0 Å². The SMILES string of the molecule is Cc1nc2cc(Nc3cc(NC4CCN(C(=O)OC(C)(C)C)CC4)c(C(N)=O)cn3)ccc2s1. The highest BCUT2D eigenvalue weighted by atomic mass is 32.1. The van der Waals surface area contributed by atoms with Crippen LogP contribution in [0.2, 0.25) is 0 Å². The molecule has 180 valence electrons. The summed E-state index contributed by atoms with van der Waals surface area (Å²) < 4.78 is 6.59. The second-order valence-corrected chi connectivity index (χ2v) is 10.6. The number of primary amides is 1. The number of carbonyl (C=O) groups excluding carboxylic acids is 2. The smallest absolute Gasteiger partial charge is 0.410 e. The molecule has 3 aromatic rings. The Labute approximate surface area is 202 Å². The summed E-state index contributed by atoms with van der Waals surface area (Å²) in [6.07, 6.45) is 2.63. The molecule has 0 atom stereocenters. The molecular weight excluding hydrogens is 452 g/mol. The van der Waals surface area contributed by atoms with Crippen LogP contribution in [0.25, 0.3) is 10.2 Å². The molecule has 2 amide bonds. The molecule has 1 aliphatic heterocycles. The van der Waals surface area contributed by atoms with Gasteiger partial charge < -0.3 is 26.0 Å². The predicted octanol–water partition coefficient (Wildman–Crippen LogP) is 4.65. The number of ether oxygens (including phenoxy) is 1. The van der Waals surface area contributed by atoms with Crippen molar-refractivity contribution in [2.75, 3.05) is 23.7 Å². The third kappa shape index (κ3) is 5.74. The predicted molar refractivity (Wildman–Crippen MR) is 135 cm³/mol. The monoisotopic (exact) mass is 482 g/mol. The molecule has 10 heteroatoms. The lowest BCUT2D eigenvalue weighted by Gasteiger charge is -2.34. The topological polar surface area (TPSA) is 122 Å². The van der Waals surface area contributed by atoms with Crippen molar-refractivity contribution in [1.82, 2.24) is 14.9 Å². The molecule has 2 aromatic heterocycles. The van der Waals surface area contributed by atoms with Crippen molar-refractivity contribution in [1.29, 1.82) is 0 Å². The Bertz CT molecular complexity index is 1210. The van der Waals surface area contributed by atoms with Gasteiger partial charge in [0, 0.05) is 37.1 Å². The number of anilines is 3. The van der Waals surface area contributed by atoms with Gasteiger partial charge in [-0.1, -0.05) is 0 Å². The maximum Gasteiger partial charge on any atom is 0.410 e. The fourth-order valence-corrected chi connectivity index (χ4v) is 4.67. The number of hydrogen-bond acceptors (Lipinski definition) is 8. The third-order valence-corrected chi connectivity index (χ3v) is 6.39. The van der Waals surface area contributed by atoms with Crippen LogP contribution in [-0.4, -0.2) is 51.6 Å². The van der Waals surface area contributed by atoms with Crippen LogP contribution in [0.4, 0.5) is 22.0 Å². The Kier molecular flexibility index (Phi) is 6.60. The molecule has 0 aliphatic carbocycles. The molecule has 34 heavy (non-hydrogen) atoms. The molecule has 9 nitrogen and oxygen atoms in total. The highest BCUT2D eigenvalue weighted by Crippen LogP contribution is 2.28. The number of likely N-dealkylation sites (tertiary alicyclic amines) is 1. The first-order valence-electron chi connectivity index (χ1n) is 11.3. The van der Waals surface area contributed by atoms with Gasteiger partial charge in [0.1, 0.15) is 11.4 Å². The standard InChI is InChI=1S/C24H30N6O3S/c1-14-27-19-11-16(5-6-20(19)34-14)29-21-12-18(17(13-26-21)22(25)31)28-15-7-9-30(10-8-15)23(32)33-24(2,3)4/h5-6,11-13,15H,7-10H2,1-4H3,(H2,25,31)(H2,26,28,29). The minimum atomic E-state index is -0.549. The average Bonchev–Trinajstić information content (AvgIpc) is 3.12. The highest BCUT2D eigenvalue weighted by molar-refractivity contribution is 7.18. The lowest BCUT2D eigenvalue weighted by molar-refractivity contribution is 0.0210. The summed E-state index contributed by atoms with van der Waals surface area (Å²) >= 11 is 1.65. The zero-order valence-electron chi connectivity index (χ0n) is 19.8. The highest BCUT2D eigenvalue weighted by Gasteiger charge is 2.27. The van der Waals surface area contributed by atoms with E-state index >= 15 is 0 Å². The van der Waals surface area contributed by atoms with Gasteiger partial charge in [-0.25, -0.2) is 14.8 Å². The second-order valence-electron chi connectivity index (χ2n) is 9.41. The molecule has 0 bridgehead atoms. The number of nitrogens with zero attached hydrogens (tertiary/aromatic N) is 3. The van der Waals surface area contributed by atoms with Crippen molar-refractivity contribution in [3.8, 4) is 0 Å². The van der Waals surface area contributed by atoms with Gasteiger partial charge in [0.25, 0.3) is 5.91 Å². The maximum atomic E-state index is 12.3. The van der Waals surface area contributed by atoms with Crippen LogP contribution in [-0.2, 0) is 4.74 Å². The first-order chi connectivity index (χ1) is 16.1. The largest absolute Gasteiger partial charge is 0.444 e. The van der Waals surface area contributed by atoms with Crippen LogP contribution in [0.1, 0.15) is 49.0 Å². The van der Waals surface area contributed by atoms with Crippen molar-refractivity contribution in [3.05, 3.63) is 41.0 Å². The molecule has 0 radical (unpaired) electrons. The van der Waals surface area contributed by atoms with Gasteiger partial charge in [-0.2, -0.15) is 0 Å². The van der Waals surface area contributed by atoms with Crippen LogP contribution in [0, 0.1) is 6.92 Å². The Hall–Kier alpha value is -3.40. The Balaban J connectivity index is 1.45. The normalized spacial score (nSPS) is 14.8. The fraction of sp³-hybridized carbons (Fsp3) is 0.417. The number of nitrogens with one attached hydrogen (secondary N) is 2. The van der Waals surface area contributed by atoms with Gasteiger partial charge in [0.15, 0.2) is 0 Å². The van der Waals surface area contributed by atoms with Crippen molar-refractivity contribution >= 4 is 50.7 Å². The van der Waals surface area contributed by atoms with Gasteiger partial charge >= 0.3 is 6.09 Å². The summed E-state index contributed by atoms with van der Waals surface area (Å²) in [4.78, 5) is 34.9. The van der Waals surface area contributed by atoms with Gasteiger partial charge in [0.05, 0.1) is 26.5 Å². The summed E-state index contributed by atoms with van der Waals surface area (Å²) in [6.45, 7) is 8.70. The summed E-state index contributed by atoms with van der Waals surface area (Å²) in [5.74, 6) is 0.0390. The van der Waals surface area contributed by atoms with E-state index < -0.39 is 11.5 Å². The molecule has 0 unspecified atom stereocenters. The van der Waals surface area contributed by atoms with E-state index in [4.69, 9.17) is 10.5 Å². The number of fused-ring (bicyclic) bond motifs is 1. The third-order valence-electron chi connectivity index (χ3n) is 5.44. The van der Waals surface area contributed by atoms with E-state index in [1.165, 1.54) is 6.20 Å². The molecule has 1 fully saturated rings. The zero-order chi connectivity index (χ0) is 24.5. The van der Waals surface area contributed by atoms with Gasteiger partial charge in [-0.05, 0) is 58.7 Å².